The molecule has 2 heterocycles. The summed E-state index contributed by atoms with van der Waals surface area (Å²) in [7, 11) is 0. The van der Waals surface area contributed by atoms with E-state index in [0.717, 1.165) is 16.9 Å². The average Bonchev–Trinajstić information content (AvgIpc) is 3.32. The van der Waals surface area contributed by atoms with Gasteiger partial charge in [0.15, 0.2) is 11.0 Å². The first kappa shape index (κ1) is 25.7. The minimum Gasteiger partial charge on any atom is -0.459 e. The number of hydrogen-bond acceptors (Lipinski definition) is 8. The summed E-state index contributed by atoms with van der Waals surface area (Å²) in [5.41, 5.74) is 6.80. The molecule has 2 aromatic heterocycles. The normalized spacial score (nSPS) is 11.0. The Hall–Kier alpha value is -2.89. The third-order valence-electron chi connectivity index (χ3n) is 4.64. The van der Waals surface area contributed by atoms with Crippen LogP contribution in [0.15, 0.2) is 29.4 Å². The van der Waals surface area contributed by atoms with Gasteiger partial charge in [-0.2, -0.15) is 0 Å². The zero-order valence-corrected chi connectivity index (χ0v) is 21.4. The highest BCUT2D eigenvalue weighted by Gasteiger charge is 2.26. The molecule has 3 N–H and O–H groups in total. The number of amides is 2. The van der Waals surface area contributed by atoms with Crippen molar-refractivity contribution < 1.29 is 19.1 Å². The Labute approximate surface area is 210 Å². The van der Waals surface area contributed by atoms with Gasteiger partial charge in [-0.05, 0) is 57.5 Å². The molecule has 0 fully saturated rings. The molecule has 0 bridgehead atoms. The number of thiophene rings is 1. The molecule has 0 atom stereocenters. The van der Waals surface area contributed by atoms with Crippen molar-refractivity contribution in [2.24, 2.45) is 5.73 Å². The molecule has 1 aromatic carbocycles. The van der Waals surface area contributed by atoms with Crippen molar-refractivity contribution in [3.63, 3.8) is 0 Å². The lowest BCUT2D eigenvalue weighted by molar-refractivity contribution is -0.113. The summed E-state index contributed by atoms with van der Waals surface area (Å²) in [6.07, 6.45) is -0.363. The van der Waals surface area contributed by atoms with Gasteiger partial charge in [-0.15, -0.1) is 21.5 Å². The molecule has 0 aliphatic rings. The highest BCUT2D eigenvalue weighted by atomic mass is 35.5. The summed E-state index contributed by atoms with van der Waals surface area (Å²) < 4.78 is 7.17. The van der Waals surface area contributed by atoms with Crippen LogP contribution in [0.5, 0.6) is 0 Å². The molecule has 0 saturated heterocycles. The monoisotopic (exact) mass is 521 g/mol. The number of benzene rings is 1. The van der Waals surface area contributed by atoms with Crippen LogP contribution in [-0.2, 0) is 16.1 Å². The van der Waals surface area contributed by atoms with Crippen LogP contribution >= 0.6 is 34.7 Å². The minimum absolute atomic E-state index is 0.0142. The van der Waals surface area contributed by atoms with Crippen molar-refractivity contribution in [2.75, 3.05) is 11.1 Å². The molecule has 180 valence electrons. The molecule has 3 aromatic rings. The van der Waals surface area contributed by atoms with Gasteiger partial charge in [-0.1, -0.05) is 23.4 Å². The molecule has 12 heteroatoms. The molecule has 0 spiro atoms. The van der Waals surface area contributed by atoms with Gasteiger partial charge in [0.25, 0.3) is 5.91 Å². The van der Waals surface area contributed by atoms with E-state index in [4.69, 9.17) is 22.1 Å². The predicted octanol–water partition coefficient (Wildman–Crippen LogP) is 4.38. The number of nitrogens with zero attached hydrogens (tertiary/aromatic N) is 3. The lowest BCUT2D eigenvalue weighted by atomic mass is 10.1. The van der Waals surface area contributed by atoms with E-state index in [2.05, 4.69) is 15.5 Å². The second kappa shape index (κ2) is 11.0. The van der Waals surface area contributed by atoms with Gasteiger partial charge in [-0.3, -0.25) is 9.59 Å². The number of thioether (sulfide) groups is 1. The van der Waals surface area contributed by atoms with E-state index in [-0.39, 0.29) is 33.2 Å². The van der Waals surface area contributed by atoms with E-state index < -0.39 is 11.9 Å². The minimum atomic E-state index is -0.679. The van der Waals surface area contributed by atoms with E-state index >= 15 is 0 Å². The van der Waals surface area contributed by atoms with Crippen LogP contribution in [0.25, 0.3) is 11.4 Å². The third-order valence-corrected chi connectivity index (χ3v) is 7.08. The van der Waals surface area contributed by atoms with E-state index in [9.17, 15) is 14.4 Å². The summed E-state index contributed by atoms with van der Waals surface area (Å²) in [4.78, 5) is 37.3. The Morgan fingerprint density at radius 2 is 1.91 bits per heavy atom. The number of ether oxygens (including phenoxy) is 1. The molecule has 0 saturated carbocycles. The van der Waals surface area contributed by atoms with Crippen LogP contribution in [0, 0.1) is 6.92 Å². The quantitative estimate of drug-likeness (QED) is 0.315. The number of nitrogens with two attached hydrogens (primary N) is 1. The molecule has 34 heavy (non-hydrogen) atoms. The number of nitrogens with one attached hydrogen (secondary N) is 1. The van der Waals surface area contributed by atoms with Gasteiger partial charge in [0.2, 0.25) is 5.91 Å². The molecule has 2 amide bonds. The summed E-state index contributed by atoms with van der Waals surface area (Å²) >= 11 is 8.12. The summed E-state index contributed by atoms with van der Waals surface area (Å²) in [6.45, 7) is 7.59. The van der Waals surface area contributed by atoms with Crippen LogP contribution in [0.2, 0.25) is 5.02 Å². The lowest BCUT2D eigenvalue weighted by Crippen LogP contribution is -2.18. The largest absolute Gasteiger partial charge is 0.459 e. The van der Waals surface area contributed by atoms with Crippen LogP contribution < -0.4 is 11.1 Å². The van der Waals surface area contributed by atoms with E-state index in [1.54, 1.807) is 32.9 Å². The smallest absolute Gasteiger partial charge is 0.341 e. The number of esters is 1. The fourth-order valence-corrected chi connectivity index (χ4v) is 5.13. The molecular weight excluding hydrogens is 498 g/mol. The maximum absolute atomic E-state index is 12.7. The fraction of sp³-hybridized carbons (Fsp3) is 0.318. The highest BCUT2D eigenvalue weighted by Crippen LogP contribution is 2.34. The second-order valence-electron chi connectivity index (χ2n) is 7.47. The molecule has 0 aliphatic heterocycles. The van der Waals surface area contributed by atoms with Crippen LogP contribution in [0.4, 0.5) is 5.00 Å². The van der Waals surface area contributed by atoms with Crippen molar-refractivity contribution >= 4 is 57.5 Å². The topological polar surface area (TPSA) is 129 Å². The number of carbonyl (C=O) groups is 3. The van der Waals surface area contributed by atoms with Gasteiger partial charge < -0.3 is 20.4 Å². The van der Waals surface area contributed by atoms with Crippen molar-refractivity contribution in [2.45, 2.75) is 45.5 Å². The number of carbonyl (C=O) groups excluding carboxylic acids is 3. The van der Waals surface area contributed by atoms with Crippen molar-refractivity contribution in [1.82, 2.24) is 14.8 Å². The molecule has 0 aliphatic carbocycles. The Morgan fingerprint density at radius 1 is 1.24 bits per heavy atom. The van der Waals surface area contributed by atoms with Gasteiger partial charge in [0.05, 0.1) is 22.3 Å². The van der Waals surface area contributed by atoms with Crippen molar-refractivity contribution in [3.8, 4) is 11.4 Å². The van der Waals surface area contributed by atoms with Gasteiger partial charge in [0, 0.05) is 17.1 Å². The third kappa shape index (κ3) is 5.78. The predicted molar refractivity (Wildman–Crippen MR) is 134 cm³/mol. The molecule has 0 unspecified atom stereocenters. The van der Waals surface area contributed by atoms with Crippen LogP contribution in [0.3, 0.4) is 0 Å². The average molecular weight is 522 g/mol. The van der Waals surface area contributed by atoms with Gasteiger partial charge >= 0.3 is 5.97 Å². The fourth-order valence-electron chi connectivity index (χ4n) is 3.14. The first-order chi connectivity index (χ1) is 16.1. The highest BCUT2D eigenvalue weighted by molar-refractivity contribution is 7.99. The molecule has 0 radical (unpaired) electrons. The first-order valence-corrected chi connectivity index (χ1v) is 12.6. The molecule has 9 nitrogen and oxygen atoms in total. The number of primary amides is 1. The maximum atomic E-state index is 12.7. The second-order valence-corrected chi connectivity index (χ2v) is 9.87. The van der Waals surface area contributed by atoms with Gasteiger partial charge in [-0.25, -0.2) is 4.79 Å². The summed E-state index contributed by atoms with van der Waals surface area (Å²) in [6, 6.07) is 7.26. The van der Waals surface area contributed by atoms with E-state index in [1.807, 2.05) is 23.6 Å². The zero-order valence-electron chi connectivity index (χ0n) is 19.0. The SMILES string of the molecule is CCn1c(SCC(=O)Nc2sc(C(N)=O)c(C)c2C(=O)OC(C)C)nnc1-c1ccc(Cl)cc1. The number of halogens is 1. The number of aromatic nitrogens is 3. The van der Waals surface area contributed by atoms with Gasteiger partial charge in [0.1, 0.15) is 5.00 Å². The molecule has 3 rings (SSSR count). The Balaban J connectivity index is 1.77. The molecular formula is C22H24ClN5O4S2. The van der Waals surface area contributed by atoms with Crippen molar-refractivity contribution in [1.29, 1.82) is 0 Å². The van der Waals surface area contributed by atoms with E-state index in [0.29, 0.717) is 28.1 Å². The number of rotatable bonds is 9. The van der Waals surface area contributed by atoms with Crippen molar-refractivity contribution in [3.05, 3.63) is 45.3 Å². The summed E-state index contributed by atoms with van der Waals surface area (Å²) in [5.74, 6) is -1.00. The first-order valence-electron chi connectivity index (χ1n) is 10.4. The maximum Gasteiger partial charge on any atom is 0.341 e. The lowest BCUT2D eigenvalue weighted by Gasteiger charge is -2.10. The standard InChI is InChI=1S/C22H24ClN5O4S2/c1-5-28-19(13-6-8-14(23)9-7-13)26-27-22(28)33-10-15(29)25-20-16(21(31)32-11(2)3)12(4)17(34-20)18(24)30/h6-9,11H,5,10H2,1-4H3,(H2,24,30)(H,25,29). The van der Waals surface area contributed by atoms with Crippen LogP contribution in [-0.4, -0.2) is 44.4 Å². The number of anilines is 1. The van der Waals surface area contributed by atoms with E-state index in [1.165, 1.54) is 11.8 Å². The summed E-state index contributed by atoms with van der Waals surface area (Å²) in [5, 5.41) is 12.6. The van der Waals surface area contributed by atoms with Crippen LogP contribution in [0.1, 0.15) is 46.4 Å². The zero-order chi connectivity index (χ0) is 25.0. The number of hydrogen-bond donors (Lipinski definition) is 2. The Morgan fingerprint density at radius 3 is 2.50 bits per heavy atom. The Bertz CT molecular complexity index is 1220. The Kier molecular flexibility index (Phi) is 8.34.